The largest absolute Gasteiger partial charge is 0.379 e. The van der Waals surface area contributed by atoms with E-state index in [9.17, 15) is 0 Å². The average molecular weight is 206 g/mol. The molecule has 0 amide bonds. The van der Waals surface area contributed by atoms with Crippen LogP contribution in [0.3, 0.4) is 0 Å². The zero-order valence-corrected chi connectivity index (χ0v) is 9.28. The summed E-state index contributed by atoms with van der Waals surface area (Å²) in [5, 5.41) is 0. The van der Waals surface area contributed by atoms with Crippen molar-refractivity contribution in [1.82, 2.24) is 0 Å². The zero-order valence-electron chi connectivity index (χ0n) is 6.97. The average Bonchev–Trinajstić information content (AvgIpc) is 2.29. The van der Waals surface area contributed by atoms with Crippen LogP contribution >= 0.6 is 18.9 Å². The highest BCUT2D eigenvalue weighted by molar-refractivity contribution is 7.10. The van der Waals surface area contributed by atoms with Crippen molar-refractivity contribution in [2.75, 3.05) is 6.61 Å². The molecular weight excluding hydrogens is 193 g/mol. The van der Waals surface area contributed by atoms with Gasteiger partial charge < -0.3 is 13.8 Å². The van der Waals surface area contributed by atoms with Gasteiger partial charge in [0.1, 0.15) is 14.0 Å². The molecule has 0 aliphatic carbocycles. The van der Waals surface area contributed by atoms with E-state index < -0.39 is 0 Å². The van der Waals surface area contributed by atoms with Gasteiger partial charge in [0.25, 0.3) is 0 Å². The van der Waals surface area contributed by atoms with Crippen molar-refractivity contribution in [2.24, 2.45) is 5.92 Å². The number of hydrogen-bond acceptors (Lipinski definition) is 3. The molecule has 0 aromatic heterocycles. The highest BCUT2D eigenvalue weighted by Crippen LogP contribution is 2.29. The second-order valence-corrected chi connectivity index (χ2v) is 3.54. The first-order valence-corrected chi connectivity index (χ1v) is 4.73. The Morgan fingerprint density at radius 2 is 2.17 bits per heavy atom. The molecule has 1 fully saturated rings. The van der Waals surface area contributed by atoms with Crippen molar-refractivity contribution < 1.29 is 13.8 Å². The van der Waals surface area contributed by atoms with Gasteiger partial charge in [0.15, 0.2) is 0 Å². The van der Waals surface area contributed by atoms with Crippen molar-refractivity contribution in [3.63, 3.8) is 0 Å². The standard InChI is InChI=1S/C6H13BO3P2/c1-3-5(10-12)4(2-8-11)9-6(3)7/h3-6H,2,11-12H2,1H3/t3-,4+,5?,6+/m1/s1. The molecule has 1 rings (SSSR count). The van der Waals surface area contributed by atoms with E-state index in [1.54, 1.807) is 0 Å². The zero-order chi connectivity index (χ0) is 9.14. The summed E-state index contributed by atoms with van der Waals surface area (Å²) in [7, 11) is 10.1. The third-order valence-corrected chi connectivity index (χ3v) is 2.66. The van der Waals surface area contributed by atoms with E-state index in [4.69, 9.17) is 21.6 Å². The molecule has 0 aromatic rings. The molecule has 1 saturated heterocycles. The minimum absolute atomic E-state index is 0.00514. The lowest BCUT2D eigenvalue weighted by atomic mass is 9.86. The van der Waals surface area contributed by atoms with Crippen molar-refractivity contribution in [1.29, 1.82) is 0 Å². The molecule has 68 valence electrons. The minimum Gasteiger partial charge on any atom is -0.379 e. The molecule has 1 aliphatic rings. The molecule has 2 radical (unpaired) electrons. The number of ether oxygens (including phenoxy) is 1. The summed E-state index contributed by atoms with van der Waals surface area (Å²) in [5.74, 6) is 0.202. The van der Waals surface area contributed by atoms with Crippen molar-refractivity contribution in [2.45, 2.75) is 25.1 Å². The second-order valence-electron chi connectivity index (χ2n) is 2.93. The van der Waals surface area contributed by atoms with Crippen molar-refractivity contribution >= 4 is 26.8 Å². The van der Waals surface area contributed by atoms with Gasteiger partial charge in [-0.05, 0) is 0 Å². The van der Waals surface area contributed by atoms with Gasteiger partial charge >= 0.3 is 0 Å². The fourth-order valence-corrected chi connectivity index (χ4v) is 1.98. The summed E-state index contributed by atoms with van der Waals surface area (Å²) in [6, 6.07) is -0.249. The molecule has 12 heavy (non-hydrogen) atoms. The quantitative estimate of drug-likeness (QED) is 0.497. The van der Waals surface area contributed by atoms with Crippen molar-refractivity contribution in [3.05, 3.63) is 0 Å². The van der Waals surface area contributed by atoms with Gasteiger partial charge in [-0.3, -0.25) is 0 Å². The van der Waals surface area contributed by atoms with Crippen LogP contribution in [0.4, 0.5) is 0 Å². The van der Waals surface area contributed by atoms with E-state index in [1.807, 2.05) is 6.92 Å². The molecular formula is C6H13BO3P2. The Balaban J connectivity index is 2.52. The lowest BCUT2D eigenvalue weighted by Crippen LogP contribution is -2.29. The Labute approximate surface area is 78.9 Å². The van der Waals surface area contributed by atoms with Gasteiger partial charge in [-0.2, -0.15) is 0 Å². The Hall–Kier alpha value is 0.805. The maximum Gasteiger partial charge on any atom is 0.109 e. The van der Waals surface area contributed by atoms with Crippen LogP contribution in [0.5, 0.6) is 0 Å². The molecule has 0 saturated carbocycles. The first kappa shape index (κ1) is 10.9. The Morgan fingerprint density at radius 3 is 2.67 bits per heavy atom. The van der Waals surface area contributed by atoms with E-state index in [1.165, 1.54) is 0 Å². The smallest absolute Gasteiger partial charge is 0.109 e. The first-order chi connectivity index (χ1) is 5.70. The Bertz CT molecular complexity index is 149. The van der Waals surface area contributed by atoms with Crippen LogP contribution in [0, 0.1) is 5.92 Å². The molecule has 1 aliphatic heterocycles. The van der Waals surface area contributed by atoms with Crippen LogP contribution in [0.2, 0.25) is 0 Å². The van der Waals surface area contributed by atoms with Crippen molar-refractivity contribution in [3.8, 4) is 0 Å². The topological polar surface area (TPSA) is 27.7 Å². The minimum atomic E-state index is -0.249. The maximum atomic E-state index is 5.69. The molecule has 6 atom stereocenters. The summed E-state index contributed by atoms with van der Waals surface area (Å²) in [6.45, 7) is 2.49. The summed E-state index contributed by atoms with van der Waals surface area (Å²) >= 11 is 0. The molecule has 1 heterocycles. The highest BCUT2D eigenvalue weighted by atomic mass is 31.0. The van der Waals surface area contributed by atoms with E-state index in [-0.39, 0.29) is 24.1 Å². The summed E-state index contributed by atoms with van der Waals surface area (Å²) < 4.78 is 15.5. The van der Waals surface area contributed by atoms with E-state index in [0.29, 0.717) is 6.61 Å². The lowest BCUT2D eigenvalue weighted by molar-refractivity contribution is 0.0200. The predicted molar refractivity (Wildman–Crippen MR) is 53.8 cm³/mol. The maximum absolute atomic E-state index is 5.69. The predicted octanol–water partition coefficient (Wildman–Crippen LogP) is 0.498. The SMILES string of the molecule is [B][C@H]1O[C@@H](COP)C(OP)[C@H]1C. The van der Waals surface area contributed by atoms with Crippen LogP contribution in [0.15, 0.2) is 0 Å². The molecule has 0 bridgehead atoms. The third-order valence-electron chi connectivity index (χ3n) is 2.15. The van der Waals surface area contributed by atoms with E-state index in [2.05, 4.69) is 18.9 Å². The molecule has 6 heteroatoms. The normalized spacial score (nSPS) is 41.9. The lowest BCUT2D eigenvalue weighted by Gasteiger charge is -2.18. The fourth-order valence-electron chi connectivity index (χ4n) is 1.37. The van der Waals surface area contributed by atoms with E-state index >= 15 is 0 Å². The van der Waals surface area contributed by atoms with Gasteiger partial charge in [-0.1, -0.05) is 6.92 Å². The van der Waals surface area contributed by atoms with Gasteiger partial charge in [0, 0.05) is 30.9 Å². The van der Waals surface area contributed by atoms with Crippen LogP contribution in [0.1, 0.15) is 6.92 Å². The molecule has 0 N–H and O–H groups in total. The van der Waals surface area contributed by atoms with Crippen LogP contribution in [-0.4, -0.2) is 32.7 Å². The second kappa shape index (κ2) is 4.88. The molecule has 0 spiro atoms. The Kier molecular flexibility index (Phi) is 4.43. The van der Waals surface area contributed by atoms with Gasteiger partial charge in [0.05, 0.1) is 12.7 Å². The molecule has 0 aromatic carbocycles. The van der Waals surface area contributed by atoms with Crippen LogP contribution < -0.4 is 0 Å². The molecule has 3 unspecified atom stereocenters. The highest BCUT2D eigenvalue weighted by Gasteiger charge is 2.39. The summed E-state index contributed by atoms with van der Waals surface area (Å²) in [4.78, 5) is 0. The van der Waals surface area contributed by atoms with Crippen LogP contribution in [-0.2, 0) is 13.8 Å². The monoisotopic (exact) mass is 206 g/mol. The van der Waals surface area contributed by atoms with E-state index in [0.717, 1.165) is 0 Å². The van der Waals surface area contributed by atoms with Gasteiger partial charge in [-0.25, -0.2) is 0 Å². The summed E-state index contributed by atoms with van der Waals surface area (Å²) in [6.07, 6.45) is -0.0597. The fraction of sp³-hybridized carbons (Fsp3) is 1.00. The van der Waals surface area contributed by atoms with Crippen LogP contribution in [0.25, 0.3) is 0 Å². The Morgan fingerprint density at radius 1 is 1.50 bits per heavy atom. The van der Waals surface area contributed by atoms with Gasteiger partial charge in [-0.15, -0.1) is 0 Å². The third kappa shape index (κ3) is 2.18. The first-order valence-electron chi connectivity index (χ1n) is 3.79. The summed E-state index contributed by atoms with van der Waals surface area (Å²) in [5.41, 5.74) is 0. The van der Waals surface area contributed by atoms with Gasteiger partial charge in [0.2, 0.25) is 0 Å². The molecule has 3 nitrogen and oxygen atoms in total. The number of hydrogen-bond donors (Lipinski definition) is 0. The number of rotatable bonds is 3.